The van der Waals surface area contributed by atoms with Gasteiger partial charge in [0, 0.05) is 13.1 Å². The van der Waals surface area contributed by atoms with Crippen LogP contribution in [0.2, 0.25) is 0 Å². The molecule has 1 rings (SSSR count). The van der Waals surface area contributed by atoms with E-state index in [0.717, 1.165) is 6.08 Å². The minimum Gasteiger partial charge on any atom is -0.478 e. The molecule has 1 aliphatic heterocycles. The molecule has 70 valence electrons. The molecule has 0 amide bonds. The molecule has 6 nitrogen and oxygen atoms in total. The van der Waals surface area contributed by atoms with Crippen molar-refractivity contribution >= 4 is 11.8 Å². The second-order valence-corrected chi connectivity index (χ2v) is 2.26. The Balaban J connectivity index is 2.70. The molecular formula is C7H10N4O2. The first kappa shape index (κ1) is 9.27. The lowest BCUT2D eigenvalue weighted by atomic mass is 10.4. The van der Waals surface area contributed by atoms with Crippen molar-refractivity contribution in [3.63, 3.8) is 0 Å². The molecule has 3 N–H and O–H groups in total. The van der Waals surface area contributed by atoms with E-state index in [2.05, 4.69) is 22.5 Å². The molecule has 0 atom stereocenters. The third kappa shape index (κ3) is 2.06. The first-order valence-corrected chi connectivity index (χ1v) is 3.56. The van der Waals surface area contributed by atoms with E-state index in [1.54, 1.807) is 7.05 Å². The van der Waals surface area contributed by atoms with Gasteiger partial charge >= 0.3 is 5.97 Å². The third-order valence-corrected chi connectivity index (χ3v) is 1.40. The van der Waals surface area contributed by atoms with E-state index in [1.807, 2.05) is 0 Å². The number of carbonyl (C=O) groups is 1. The van der Waals surface area contributed by atoms with Gasteiger partial charge in [-0.25, -0.2) is 15.2 Å². The number of nitrogens with one attached hydrogen (secondary N) is 2. The highest BCUT2D eigenvalue weighted by atomic mass is 16.4. The van der Waals surface area contributed by atoms with Crippen molar-refractivity contribution in [2.24, 2.45) is 5.10 Å². The predicted molar refractivity (Wildman–Crippen MR) is 47.4 cm³/mol. The van der Waals surface area contributed by atoms with Crippen molar-refractivity contribution < 1.29 is 9.90 Å². The quantitative estimate of drug-likeness (QED) is 0.510. The van der Waals surface area contributed by atoms with Crippen LogP contribution in [0.5, 0.6) is 0 Å². The summed E-state index contributed by atoms with van der Waals surface area (Å²) in [5.41, 5.74) is 5.39. The molecule has 0 aromatic rings. The van der Waals surface area contributed by atoms with Crippen LogP contribution in [0.25, 0.3) is 0 Å². The summed E-state index contributed by atoms with van der Waals surface area (Å²) in [7, 11) is 1.68. The van der Waals surface area contributed by atoms with Gasteiger partial charge in [0.2, 0.25) is 0 Å². The van der Waals surface area contributed by atoms with Crippen molar-refractivity contribution in [1.82, 2.24) is 15.9 Å². The van der Waals surface area contributed by atoms with Gasteiger partial charge in [0.1, 0.15) is 5.82 Å². The molecule has 0 saturated heterocycles. The zero-order chi connectivity index (χ0) is 9.84. The number of hydrazine groups is 1. The fraction of sp³-hybridized carbons (Fsp3) is 0.143. The molecular weight excluding hydrogens is 172 g/mol. The molecule has 0 aliphatic carbocycles. The van der Waals surface area contributed by atoms with Gasteiger partial charge in [-0.05, 0) is 6.08 Å². The van der Waals surface area contributed by atoms with E-state index in [4.69, 9.17) is 5.11 Å². The summed E-state index contributed by atoms with van der Waals surface area (Å²) in [5, 5.41) is 13.7. The Labute approximate surface area is 75.2 Å². The van der Waals surface area contributed by atoms with E-state index in [-0.39, 0.29) is 0 Å². The van der Waals surface area contributed by atoms with Gasteiger partial charge in [-0.3, -0.25) is 5.43 Å². The lowest BCUT2D eigenvalue weighted by molar-refractivity contribution is -0.131. The monoisotopic (exact) mass is 182 g/mol. The molecule has 0 fully saturated rings. The summed E-state index contributed by atoms with van der Waals surface area (Å²) < 4.78 is 0. The SMILES string of the molecule is C=C1NN=C(/C=C\C(=O)O)N1NC. The molecule has 0 saturated carbocycles. The maximum atomic E-state index is 10.2. The Hall–Kier alpha value is -1.82. The number of carboxylic acids is 1. The van der Waals surface area contributed by atoms with Crippen molar-refractivity contribution in [1.29, 1.82) is 0 Å². The van der Waals surface area contributed by atoms with Crippen molar-refractivity contribution in [3.05, 3.63) is 24.6 Å². The summed E-state index contributed by atoms with van der Waals surface area (Å²) in [6, 6.07) is 0. The lowest BCUT2D eigenvalue weighted by Gasteiger charge is -2.15. The van der Waals surface area contributed by atoms with E-state index in [0.29, 0.717) is 11.7 Å². The molecule has 0 unspecified atom stereocenters. The number of amidine groups is 1. The maximum Gasteiger partial charge on any atom is 0.328 e. The minimum absolute atomic E-state index is 0.454. The Morgan fingerprint density at radius 3 is 3.08 bits per heavy atom. The van der Waals surface area contributed by atoms with Crippen molar-refractivity contribution in [2.75, 3.05) is 7.05 Å². The van der Waals surface area contributed by atoms with Gasteiger partial charge in [-0.2, -0.15) is 5.10 Å². The molecule has 0 aromatic heterocycles. The number of rotatable bonds is 3. The van der Waals surface area contributed by atoms with Crippen LogP contribution in [-0.4, -0.2) is 29.0 Å². The van der Waals surface area contributed by atoms with Crippen LogP contribution in [0.3, 0.4) is 0 Å². The Kier molecular flexibility index (Phi) is 2.65. The molecule has 6 heteroatoms. The second-order valence-electron chi connectivity index (χ2n) is 2.26. The van der Waals surface area contributed by atoms with Crippen LogP contribution < -0.4 is 10.9 Å². The Morgan fingerprint density at radius 2 is 2.54 bits per heavy atom. The zero-order valence-electron chi connectivity index (χ0n) is 7.11. The van der Waals surface area contributed by atoms with Gasteiger partial charge in [0.05, 0.1) is 0 Å². The summed E-state index contributed by atoms with van der Waals surface area (Å²) in [4.78, 5) is 10.2. The summed E-state index contributed by atoms with van der Waals surface area (Å²) in [6.07, 6.45) is 2.37. The van der Waals surface area contributed by atoms with E-state index < -0.39 is 5.97 Å². The van der Waals surface area contributed by atoms with Crippen LogP contribution in [-0.2, 0) is 4.79 Å². The first-order valence-electron chi connectivity index (χ1n) is 3.56. The fourth-order valence-corrected chi connectivity index (χ4v) is 0.867. The maximum absolute atomic E-state index is 10.2. The highest BCUT2D eigenvalue weighted by molar-refractivity contribution is 5.98. The lowest BCUT2D eigenvalue weighted by Crippen LogP contribution is -2.36. The van der Waals surface area contributed by atoms with Crippen LogP contribution in [0, 0.1) is 0 Å². The molecule has 1 aliphatic rings. The topological polar surface area (TPSA) is 77.0 Å². The number of carboxylic acid groups (broad SMARTS) is 1. The van der Waals surface area contributed by atoms with Gasteiger partial charge in [-0.1, -0.05) is 6.58 Å². The minimum atomic E-state index is -1.02. The van der Waals surface area contributed by atoms with Gasteiger partial charge in [0.15, 0.2) is 5.84 Å². The van der Waals surface area contributed by atoms with Crippen molar-refractivity contribution in [3.8, 4) is 0 Å². The summed E-state index contributed by atoms with van der Waals surface area (Å²) in [6.45, 7) is 3.64. The normalized spacial score (nSPS) is 16.2. The van der Waals surface area contributed by atoms with Gasteiger partial charge in [0.25, 0.3) is 0 Å². The van der Waals surface area contributed by atoms with E-state index in [1.165, 1.54) is 11.1 Å². The largest absolute Gasteiger partial charge is 0.478 e. The average molecular weight is 182 g/mol. The summed E-state index contributed by atoms with van der Waals surface area (Å²) in [5.74, 6) is -0.0151. The van der Waals surface area contributed by atoms with E-state index in [9.17, 15) is 4.79 Å². The fourth-order valence-electron chi connectivity index (χ4n) is 0.867. The Morgan fingerprint density at radius 1 is 1.85 bits per heavy atom. The number of nitrogens with zero attached hydrogens (tertiary/aromatic N) is 2. The molecule has 0 radical (unpaired) electrons. The average Bonchev–Trinajstić information content (AvgIpc) is 2.42. The smallest absolute Gasteiger partial charge is 0.328 e. The highest BCUT2D eigenvalue weighted by Gasteiger charge is 2.16. The molecule has 0 spiro atoms. The first-order chi connectivity index (χ1) is 6.15. The molecule has 0 aromatic carbocycles. The number of hydrazone groups is 1. The molecule has 1 heterocycles. The van der Waals surface area contributed by atoms with Crippen LogP contribution >= 0.6 is 0 Å². The molecule has 13 heavy (non-hydrogen) atoms. The van der Waals surface area contributed by atoms with Crippen LogP contribution in [0.15, 0.2) is 29.7 Å². The standard InChI is InChI=1S/C7H10N4O2/c1-5-9-10-6(11(5)8-2)3-4-7(12)13/h3-4,8-9H,1H2,2H3,(H,12,13)/b4-3-. The van der Waals surface area contributed by atoms with E-state index >= 15 is 0 Å². The molecule has 0 bridgehead atoms. The number of aliphatic carboxylic acids is 1. The van der Waals surface area contributed by atoms with Crippen LogP contribution in [0.4, 0.5) is 0 Å². The van der Waals surface area contributed by atoms with Gasteiger partial charge < -0.3 is 5.11 Å². The second kappa shape index (κ2) is 3.72. The number of hydrogen-bond donors (Lipinski definition) is 3. The third-order valence-electron chi connectivity index (χ3n) is 1.40. The van der Waals surface area contributed by atoms with Crippen LogP contribution in [0.1, 0.15) is 0 Å². The van der Waals surface area contributed by atoms with Gasteiger partial charge in [-0.15, -0.1) is 0 Å². The van der Waals surface area contributed by atoms with Crippen molar-refractivity contribution in [2.45, 2.75) is 0 Å². The highest BCUT2D eigenvalue weighted by Crippen LogP contribution is 2.04. The zero-order valence-corrected chi connectivity index (χ0v) is 7.11. The Bertz CT molecular complexity index is 295. The summed E-state index contributed by atoms with van der Waals surface area (Å²) >= 11 is 0. The number of hydrogen-bond acceptors (Lipinski definition) is 5. The predicted octanol–water partition coefficient (Wildman–Crippen LogP) is -0.549.